The summed E-state index contributed by atoms with van der Waals surface area (Å²) in [6.07, 6.45) is 1.41. The van der Waals surface area contributed by atoms with Crippen LogP contribution in [0.4, 0.5) is 0 Å². The molecule has 0 saturated carbocycles. The van der Waals surface area contributed by atoms with E-state index < -0.39 is 5.97 Å². The number of nitriles is 1. The summed E-state index contributed by atoms with van der Waals surface area (Å²) in [7, 11) is 0. The van der Waals surface area contributed by atoms with Gasteiger partial charge in [-0.25, -0.2) is 4.79 Å². The maximum absolute atomic E-state index is 11.9. The van der Waals surface area contributed by atoms with Crippen LogP contribution in [0.5, 0.6) is 0 Å². The number of carbonyl (C=O) groups excluding carboxylic acids is 2. The molecule has 5 heteroatoms. The highest BCUT2D eigenvalue weighted by molar-refractivity contribution is 7.99. The van der Waals surface area contributed by atoms with E-state index in [4.69, 9.17) is 10.00 Å². The first-order valence-corrected chi connectivity index (χ1v) is 7.72. The van der Waals surface area contributed by atoms with Gasteiger partial charge >= 0.3 is 5.97 Å². The highest BCUT2D eigenvalue weighted by Crippen LogP contribution is 2.14. The fraction of sp³-hybridized carbons (Fsp3) is 0.312. The topological polar surface area (TPSA) is 67.2 Å². The van der Waals surface area contributed by atoms with Crippen molar-refractivity contribution in [1.29, 1.82) is 5.26 Å². The summed E-state index contributed by atoms with van der Waals surface area (Å²) in [5, 5.41) is 9.03. The van der Waals surface area contributed by atoms with Crippen molar-refractivity contribution in [3.05, 3.63) is 41.0 Å². The molecule has 4 nitrogen and oxygen atoms in total. The summed E-state index contributed by atoms with van der Waals surface area (Å²) in [5.74, 6) is 0.618. The number of ether oxygens (including phenoxy) is 1. The number of thioether (sulfide) groups is 1. The van der Waals surface area contributed by atoms with Crippen molar-refractivity contribution in [3.8, 4) is 6.07 Å². The fourth-order valence-corrected chi connectivity index (χ4v) is 2.09. The molecular formula is C16H17NO3S. The first kappa shape index (κ1) is 17.0. The molecule has 0 N–H and O–H groups in total. The van der Waals surface area contributed by atoms with Gasteiger partial charge in [-0.15, -0.1) is 0 Å². The average molecular weight is 303 g/mol. The van der Waals surface area contributed by atoms with Crippen LogP contribution in [0.25, 0.3) is 6.08 Å². The van der Waals surface area contributed by atoms with Gasteiger partial charge in [0.05, 0.1) is 11.6 Å². The molecule has 0 aliphatic rings. The van der Waals surface area contributed by atoms with Gasteiger partial charge in [0.25, 0.3) is 0 Å². The van der Waals surface area contributed by atoms with Crippen LogP contribution in [0.15, 0.2) is 29.8 Å². The van der Waals surface area contributed by atoms with E-state index in [0.717, 1.165) is 5.75 Å². The molecule has 0 aromatic heterocycles. The van der Waals surface area contributed by atoms with Crippen LogP contribution in [0.3, 0.4) is 0 Å². The molecule has 0 bridgehead atoms. The Bertz CT molecular complexity index is 587. The summed E-state index contributed by atoms with van der Waals surface area (Å²) in [4.78, 5) is 23.6. The lowest BCUT2D eigenvalue weighted by Crippen LogP contribution is -2.15. The number of hydrogen-bond acceptors (Lipinski definition) is 5. The second-order valence-electron chi connectivity index (χ2n) is 4.15. The maximum Gasteiger partial charge on any atom is 0.341 e. The Balaban J connectivity index is 2.91. The molecule has 0 radical (unpaired) electrons. The molecule has 0 fully saturated rings. The van der Waals surface area contributed by atoms with Crippen LogP contribution in [0.1, 0.15) is 25.0 Å². The van der Waals surface area contributed by atoms with Crippen molar-refractivity contribution in [1.82, 2.24) is 0 Å². The van der Waals surface area contributed by atoms with Crippen molar-refractivity contribution in [3.63, 3.8) is 0 Å². The molecule has 0 spiro atoms. The number of ketones is 1. The zero-order valence-electron chi connectivity index (χ0n) is 12.1. The summed E-state index contributed by atoms with van der Waals surface area (Å²) >= 11 is 1.66. The molecule has 0 unspecified atom stereocenters. The van der Waals surface area contributed by atoms with Gasteiger partial charge in [-0.05, 0) is 30.4 Å². The van der Waals surface area contributed by atoms with Gasteiger partial charge in [0.1, 0.15) is 12.2 Å². The molecule has 0 atom stereocenters. The highest BCUT2D eigenvalue weighted by atomic mass is 32.2. The lowest BCUT2D eigenvalue weighted by molar-refractivity contribution is -0.139. The molecule has 0 aliphatic heterocycles. The third kappa shape index (κ3) is 5.44. The number of nitrogens with zero attached hydrogens (tertiary/aromatic N) is 1. The minimum Gasteiger partial charge on any atom is -0.461 e. The van der Waals surface area contributed by atoms with Crippen molar-refractivity contribution < 1.29 is 14.3 Å². The van der Waals surface area contributed by atoms with Crippen LogP contribution >= 0.6 is 11.8 Å². The van der Waals surface area contributed by atoms with Crippen molar-refractivity contribution >= 4 is 29.6 Å². The average Bonchev–Trinajstić information content (AvgIpc) is 2.49. The van der Waals surface area contributed by atoms with Gasteiger partial charge in [-0.2, -0.15) is 17.0 Å². The van der Waals surface area contributed by atoms with Gasteiger partial charge < -0.3 is 4.74 Å². The number of Topliss-reactive ketones (excluding diaryl/α,β-unsaturated/α-hetero) is 1. The van der Waals surface area contributed by atoms with Crippen molar-refractivity contribution in [2.75, 3.05) is 18.1 Å². The van der Waals surface area contributed by atoms with E-state index in [0.29, 0.717) is 16.9 Å². The number of esters is 1. The van der Waals surface area contributed by atoms with E-state index >= 15 is 0 Å². The van der Waals surface area contributed by atoms with Crippen LogP contribution in [-0.2, 0) is 14.3 Å². The number of benzene rings is 1. The smallest absolute Gasteiger partial charge is 0.341 e. The Hall–Kier alpha value is -2.06. The minimum atomic E-state index is -0.646. The third-order valence-corrected chi connectivity index (χ3v) is 3.51. The van der Waals surface area contributed by atoms with Crippen LogP contribution in [-0.4, -0.2) is 29.9 Å². The SMILES string of the molecule is CCSCCOC(=O)/C(=C\c1ccccc1C#N)C(C)=O. The van der Waals surface area contributed by atoms with Gasteiger partial charge in [0, 0.05) is 5.75 Å². The monoisotopic (exact) mass is 303 g/mol. The Kier molecular flexibility index (Phi) is 7.27. The lowest BCUT2D eigenvalue weighted by Gasteiger charge is -2.06. The zero-order chi connectivity index (χ0) is 15.7. The van der Waals surface area contributed by atoms with Gasteiger partial charge in [-0.3, -0.25) is 4.79 Å². The number of rotatable bonds is 7. The zero-order valence-corrected chi connectivity index (χ0v) is 12.9. The van der Waals surface area contributed by atoms with E-state index in [2.05, 4.69) is 0 Å². The summed E-state index contributed by atoms with van der Waals surface area (Å²) in [5.41, 5.74) is 0.898. The normalized spacial score (nSPS) is 10.8. The molecule has 21 heavy (non-hydrogen) atoms. The Morgan fingerprint density at radius 2 is 2.10 bits per heavy atom. The fourth-order valence-electron chi connectivity index (χ4n) is 1.60. The highest BCUT2D eigenvalue weighted by Gasteiger charge is 2.16. The number of hydrogen-bond donors (Lipinski definition) is 0. The maximum atomic E-state index is 11.9. The first-order valence-electron chi connectivity index (χ1n) is 6.56. The molecule has 0 heterocycles. The third-order valence-electron chi connectivity index (χ3n) is 2.65. The van der Waals surface area contributed by atoms with E-state index in [9.17, 15) is 9.59 Å². The largest absolute Gasteiger partial charge is 0.461 e. The second kappa shape index (κ2) is 8.98. The predicted octanol–water partition coefficient (Wildman–Crippen LogP) is 2.83. The van der Waals surface area contributed by atoms with Gasteiger partial charge in [0.2, 0.25) is 0 Å². The van der Waals surface area contributed by atoms with E-state index in [1.54, 1.807) is 36.0 Å². The first-order chi connectivity index (χ1) is 10.1. The quantitative estimate of drug-likeness (QED) is 0.255. The Morgan fingerprint density at radius 3 is 2.71 bits per heavy atom. The molecule has 0 saturated heterocycles. The van der Waals surface area contributed by atoms with Crippen LogP contribution in [0.2, 0.25) is 0 Å². The van der Waals surface area contributed by atoms with Gasteiger partial charge in [0.15, 0.2) is 5.78 Å². The van der Waals surface area contributed by atoms with Crippen molar-refractivity contribution in [2.45, 2.75) is 13.8 Å². The van der Waals surface area contributed by atoms with Crippen molar-refractivity contribution in [2.24, 2.45) is 0 Å². The molecular weight excluding hydrogens is 286 g/mol. The second-order valence-corrected chi connectivity index (χ2v) is 5.54. The molecule has 110 valence electrons. The Labute approximate surface area is 128 Å². The summed E-state index contributed by atoms with van der Waals surface area (Å²) in [6, 6.07) is 8.81. The molecule has 0 amide bonds. The number of carbonyl (C=O) groups is 2. The minimum absolute atomic E-state index is 0.0424. The Morgan fingerprint density at radius 1 is 1.38 bits per heavy atom. The van der Waals surface area contributed by atoms with Gasteiger partial charge in [-0.1, -0.05) is 25.1 Å². The molecule has 0 aliphatic carbocycles. The molecule has 1 aromatic carbocycles. The lowest BCUT2D eigenvalue weighted by atomic mass is 10.0. The molecule has 1 aromatic rings. The standard InChI is InChI=1S/C16H17NO3S/c1-3-21-9-8-20-16(19)15(12(2)18)10-13-6-4-5-7-14(13)11-17/h4-7,10H,3,8-9H2,1-2H3/b15-10-. The van der Waals surface area contributed by atoms with Crippen LogP contribution < -0.4 is 0 Å². The summed E-state index contributed by atoms with van der Waals surface area (Å²) < 4.78 is 5.08. The van der Waals surface area contributed by atoms with Crippen LogP contribution in [0, 0.1) is 11.3 Å². The van der Waals surface area contributed by atoms with E-state index in [1.165, 1.54) is 13.0 Å². The molecule has 1 rings (SSSR count). The predicted molar refractivity (Wildman–Crippen MR) is 83.8 cm³/mol. The van der Waals surface area contributed by atoms with E-state index in [1.807, 2.05) is 13.0 Å². The van der Waals surface area contributed by atoms with E-state index in [-0.39, 0.29) is 18.0 Å². The summed E-state index contributed by atoms with van der Waals surface area (Å²) in [6.45, 7) is 3.59.